The molecule has 3 rings (SSSR count). The van der Waals surface area contributed by atoms with Crippen LogP contribution in [0.3, 0.4) is 0 Å². The number of carbonyl (C=O) groups is 1. The number of rotatable bonds is 2. The summed E-state index contributed by atoms with van der Waals surface area (Å²) in [5.74, 6) is -0.460. The van der Waals surface area contributed by atoms with Crippen molar-refractivity contribution in [3.63, 3.8) is 0 Å². The van der Waals surface area contributed by atoms with Gasteiger partial charge in [-0.2, -0.15) is 0 Å². The van der Waals surface area contributed by atoms with E-state index in [-0.39, 0.29) is 29.6 Å². The molecule has 0 unspecified atom stereocenters. The topological polar surface area (TPSA) is 62.5 Å². The molecule has 0 radical (unpaired) electrons. The maximum Gasteiger partial charge on any atom is 0.287 e. The van der Waals surface area contributed by atoms with Gasteiger partial charge in [0.1, 0.15) is 11.4 Å². The molecule has 1 aliphatic carbocycles. The van der Waals surface area contributed by atoms with E-state index in [1.807, 2.05) is 0 Å². The van der Waals surface area contributed by atoms with Crippen molar-refractivity contribution in [1.29, 1.82) is 0 Å². The van der Waals surface area contributed by atoms with Gasteiger partial charge < -0.3 is 14.8 Å². The highest BCUT2D eigenvalue weighted by Crippen LogP contribution is 2.27. The van der Waals surface area contributed by atoms with Crippen LogP contribution in [0.5, 0.6) is 0 Å². The van der Waals surface area contributed by atoms with E-state index in [0.29, 0.717) is 29.4 Å². The monoisotopic (exact) mass is 263 g/mol. The molecule has 1 aromatic carbocycles. The van der Waals surface area contributed by atoms with Crippen molar-refractivity contribution >= 4 is 16.9 Å². The van der Waals surface area contributed by atoms with E-state index in [1.54, 1.807) is 6.92 Å². The average molecular weight is 263 g/mol. The summed E-state index contributed by atoms with van der Waals surface area (Å²) in [6, 6.07) is 4.17. The molecule has 1 amide bonds. The van der Waals surface area contributed by atoms with Crippen molar-refractivity contribution in [2.24, 2.45) is 0 Å². The molecule has 19 heavy (non-hydrogen) atoms. The van der Waals surface area contributed by atoms with Crippen LogP contribution in [0.25, 0.3) is 11.0 Å². The van der Waals surface area contributed by atoms with Gasteiger partial charge in [-0.3, -0.25) is 4.79 Å². The normalized spacial score (nSPS) is 22.3. The van der Waals surface area contributed by atoms with Gasteiger partial charge in [0.2, 0.25) is 0 Å². The van der Waals surface area contributed by atoms with Gasteiger partial charge >= 0.3 is 0 Å². The fraction of sp³-hybridized carbons (Fsp3) is 0.357. The van der Waals surface area contributed by atoms with Gasteiger partial charge in [0, 0.05) is 17.0 Å². The number of nitrogens with one attached hydrogen (secondary N) is 1. The number of hydrogen-bond acceptors (Lipinski definition) is 3. The number of aryl methyl sites for hydroxylation is 1. The van der Waals surface area contributed by atoms with Crippen LogP contribution in [0.15, 0.2) is 22.6 Å². The Bertz CT molecular complexity index is 643. The van der Waals surface area contributed by atoms with Crippen LogP contribution in [0.1, 0.15) is 29.0 Å². The van der Waals surface area contributed by atoms with Crippen LogP contribution in [0, 0.1) is 12.7 Å². The second-order valence-electron chi connectivity index (χ2n) is 4.99. The summed E-state index contributed by atoms with van der Waals surface area (Å²) in [4.78, 5) is 12.0. The highest BCUT2D eigenvalue weighted by atomic mass is 19.1. The smallest absolute Gasteiger partial charge is 0.287 e. The lowest BCUT2D eigenvalue weighted by atomic mass is 9.89. The average Bonchev–Trinajstić information content (AvgIpc) is 2.65. The molecular formula is C14H14FNO3. The number of aliphatic hydroxyl groups excluding tert-OH is 1. The minimum absolute atomic E-state index is 0.00755. The second-order valence-corrected chi connectivity index (χ2v) is 4.99. The first-order chi connectivity index (χ1) is 9.04. The number of hydrogen-bond donors (Lipinski definition) is 2. The van der Waals surface area contributed by atoms with Crippen molar-refractivity contribution in [3.8, 4) is 0 Å². The molecule has 0 spiro atoms. The second kappa shape index (κ2) is 4.35. The van der Waals surface area contributed by atoms with Crippen molar-refractivity contribution in [3.05, 3.63) is 35.3 Å². The van der Waals surface area contributed by atoms with Gasteiger partial charge in [-0.1, -0.05) is 0 Å². The van der Waals surface area contributed by atoms with Crippen molar-refractivity contribution in [2.75, 3.05) is 0 Å². The Labute approximate surface area is 109 Å². The number of amides is 1. The van der Waals surface area contributed by atoms with E-state index < -0.39 is 0 Å². The third-order valence-corrected chi connectivity index (χ3v) is 3.55. The van der Waals surface area contributed by atoms with Gasteiger partial charge in [0.25, 0.3) is 5.91 Å². The quantitative estimate of drug-likeness (QED) is 0.872. The fourth-order valence-corrected chi connectivity index (χ4v) is 2.37. The number of fused-ring (bicyclic) bond motifs is 1. The number of halogens is 1. The fourth-order valence-electron chi connectivity index (χ4n) is 2.37. The number of carbonyl (C=O) groups excluding carboxylic acids is 1. The predicted octanol–water partition coefficient (Wildman–Crippen LogP) is 2.13. The molecule has 100 valence electrons. The summed E-state index contributed by atoms with van der Waals surface area (Å²) in [6.45, 7) is 1.73. The van der Waals surface area contributed by atoms with Crippen LogP contribution in [0.2, 0.25) is 0 Å². The molecule has 1 aromatic heterocycles. The van der Waals surface area contributed by atoms with Crippen LogP contribution in [0.4, 0.5) is 4.39 Å². The lowest BCUT2D eigenvalue weighted by Crippen LogP contribution is -2.46. The Kier molecular flexibility index (Phi) is 2.78. The molecule has 1 saturated carbocycles. The van der Waals surface area contributed by atoms with Crippen molar-refractivity contribution in [1.82, 2.24) is 5.32 Å². The van der Waals surface area contributed by atoms with Crippen LogP contribution in [-0.2, 0) is 0 Å². The van der Waals surface area contributed by atoms with Crippen LogP contribution < -0.4 is 5.32 Å². The molecule has 0 bridgehead atoms. The molecule has 2 N–H and O–H groups in total. The zero-order chi connectivity index (χ0) is 13.6. The maximum atomic E-state index is 13.2. The number of furan rings is 1. The predicted molar refractivity (Wildman–Crippen MR) is 67.4 cm³/mol. The van der Waals surface area contributed by atoms with Crippen LogP contribution in [-0.4, -0.2) is 23.2 Å². The highest BCUT2D eigenvalue weighted by molar-refractivity contribution is 5.99. The van der Waals surface area contributed by atoms with Gasteiger partial charge in [-0.25, -0.2) is 4.39 Å². The summed E-state index contributed by atoms with van der Waals surface area (Å²) >= 11 is 0. The lowest BCUT2D eigenvalue weighted by molar-refractivity contribution is 0.0551. The highest BCUT2D eigenvalue weighted by Gasteiger charge is 2.30. The standard InChI is InChI=1S/C14H14FNO3/c1-7-11-4-8(15)2-3-12(11)19-13(7)14(18)16-9-5-10(17)6-9/h2-4,9-10,17H,5-6H2,1H3,(H,16,18). The number of aliphatic hydroxyl groups is 1. The van der Waals surface area contributed by atoms with Gasteiger partial charge in [-0.05, 0) is 38.0 Å². The summed E-state index contributed by atoms with van der Waals surface area (Å²) in [6.07, 6.45) is 0.815. The molecule has 1 aliphatic rings. The molecule has 5 heteroatoms. The molecule has 1 heterocycles. The Morgan fingerprint density at radius 1 is 1.47 bits per heavy atom. The SMILES string of the molecule is Cc1c(C(=O)NC2CC(O)C2)oc2ccc(F)cc12. The maximum absolute atomic E-state index is 13.2. The van der Waals surface area contributed by atoms with Gasteiger partial charge in [-0.15, -0.1) is 0 Å². The van der Waals surface area contributed by atoms with E-state index in [1.165, 1.54) is 18.2 Å². The summed E-state index contributed by atoms with van der Waals surface area (Å²) in [7, 11) is 0. The number of benzene rings is 1. The van der Waals surface area contributed by atoms with E-state index in [4.69, 9.17) is 4.42 Å². The molecule has 2 aromatic rings. The molecule has 0 saturated heterocycles. The summed E-state index contributed by atoms with van der Waals surface area (Å²) in [5, 5.41) is 12.6. The molecule has 1 fully saturated rings. The first-order valence-electron chi connectivity index (χ1n) is 6.22. The first-order valence-corrected chi connectivity index (χ1v) is 6.22. The Balaban J connectivity index is 1.87. The zero-order valence-electron chi connectivity index (χ0n) is 10.4. The van der Waals surface area contributed by atoms with E-state index >= 15 is 0 Å². The van der Waals surface area contributed by atoms with Crippen LogP contribution >= 0.6 is 0 Å². The Hall–Kier alpha value is -1.88. The van der Waals surface area contributed by atoms with E-state index in [9.17, 15) is 14.3 Å². The first kappa shape index (κ1) is 12.2. The third kappa shape index (κ3) is 2.10. The molecular weight excluding hydrogens is 249 g/mol. The Morgan fingerprint density at radius 3 is 2.89 bits per heavy atom. The minimum atomic E-state index is -0.356. The zero-order valence-corrected chi connectivity index (χ0v) is 10.4. The van der Waals surface area contributed by atoms with Gasteiger partial charge in [0.15, 0.2) is 5.76 Å². The molecule has 0 aliphatic heterocycles. The van der Waals surface area contributed by atoms with E-state index in [2.05, 4.69) is 5.32 Å². The minimum Gasteiger partial charge on any atom is -0.451 e. The van der Waals surface area contributed by atoms with Gasteiger partial charge in [0.05, 0.1) is 6.10 Å². The summed E-state index contributed by atoms with van der Waals surface area (Å²) in [5.41, 5.74) is 1.13. The van der Waals surface area contributed by atoms with Crippen molar-refractivity contribution < 1.29 is 18.7 Å². The lowest BCUT2D eigenvalue weighted by Gasteiger charge is -2.31. The molecule has 0 atom stereocenters. The summed E-state index contributed by atoms with van der Waals surface area (Å²) < 4.78 is 18.6. The Morgan fingerprint density at radius 2 is 2.21 bits per heavy atom. The largest absolute Gasteiger partial charge is 0.451 e. The third-order valence-electron chi connectivity index (χ3n) is 3.55. The van der Waals surface area contributed by atoms with E-state index in [0.717, 1.165) is 0 Å². The van der Waals surface area contributed by atoms with Crippen molar-refractivity contribution in [2.45, 2.75) is 31.9 Å². The molecule has 4 nitrogen and oxygen atoms in total.